The van der Waals surface area contributed by atoms with Crippen LogP contribution in [0.25, 0.3) is 6.08 Å². The fourth-order valence-corrected chi connectivity index (χ4v) is 4.97. The first-order valence-electron chi connectivity index (χ1n) is 10.7. The number of benzene rings is 2. The van der Waals surface area contributed by atoms with E-state index in [4.69, 9.17) is 21.1 Å². The molecule has 8 heteroatoms. The smallest absolute Gasteiger partial charge is 0.338 e. The molecule has 1 aliphatic rings. The normalized spacial score (nSPS) is 15.5. The fraction of sp³-hybridized carbons (Fsp3) is 0.192. The second kappa shape index (κ2) is 10.2. The molecule has 1 atom stereocenters. The molecule has 0 spiro atoms. The first-order chi connectivity index (χ1) is 16.4. The number of aromatic nitrogens is 1. The Morgan fingerprint density at radius 3 is 2.65 bits per heavy atom. The number of nitrogens with zero attached hydrogens (tertiary/aromatic N) is 2. The predicted molar refractivity (Wildman–Crippen MR) is 134 cm³/mol. The zero-order chi connectivity index (χ0) is 24.2. The molecule has 1 aromatic heterocycles. The van der Waals surface area contributed by atoms with Gasteiger partial charge < -0.3 is 9.47 Å². The minimum atomic E-state index is -0.683. The summed E-state index contributed by atoms with van der Waals surface area (Å²) >= 11 is 7.56. The van der Waals surface area contributed by atoms with Gasteiger partial charge in [0.15, 0.2) is 4.80 Å². The van der Waals surface area contributed by atoms with Gasteiger partial charge in [-0.2, -0.15) is 0 Å². The summed E-state index contributed by atoms with van der Waals surface area (Å²) in [6.07, 6.45) is 3.41. The number of carbonyl (C=O) groups is 1. The highest BCUT2D eigenvalue weighted by molar-refractivity contribution is 7.07. The van der Waals surface area contributed by atoms with Crippen molar-refractivity contribution in [2.24, 2.45) is 4.99 Å². The molecular formula is C26H23ClN2O4S. The van der Waals surface area contributed by atoms with Crippen molar-refractivity contribution in [2.75, 3.05) is 13.2 Å². The molecule has 0 amide bonds. The van der Waals surface area contributed by atoms with Gasteiger partial charge in [0.1, 0.15) is 12.4 Å². The molecule has 174 valence electrons. The zero-order valence-electron chi connectivity index (χ0n) is 18.8. The molecule has 2 heterocycles. The minimum absolute atomic E-state index is 0.216. The van der Waals surface area contributed by atoms with Gasteiger partial charge in [0, 0.05) is 5.02 Å². The largest absolute Gasteiger partial charge is 0.490 e. The maximum absolute atomic E-state index is 13.6. The molecular weight excluding hydrogens is 472 g/mol. The third kappa shape index (κ3) is 4.62. The van der Waals surface area contributed by atoms with E-state index in [9.17, 15) is 9.59 Å². The van der Waals surface area contributed by atoms with Crippen LogP contribution in [0.1, 0.15) is 31.0 Å². The Kier molecular flexibility index (Phi) is 7.14. The Labute approximate surface area is 205 Å². The first-order valence-corrected chi connectivity index (χ1v) is 11.9. The van der Waals surface area contributed by atoms with Gasteiger partial charge >= 0.3 is 5.97 Å². The van der Waals surface area contributed by atoms with Gasteiger partial charge in [-0.15, -0.1) is 0 Å². The van der Waals surface area contributed by atoms with Crippen LogP contribution in [-0.2, 0) is 9.53 Å². The Bertz CT molecular complexity index is 1450. The molecule has 0 aliphatic carbocycles. The van der Waals surface area contributed by atoms with Crippen molar-refractivity contribution in [3.63, 3.8) is 0 Å². The Hall–Kier alpha value is -3.42. The molecule has 0 N–H and O–H groups in total. The molecule has 34 heavy (non-hydrogen) atoms. The van der Waals surface area contributed by atoms with E-state index in [1.807, 2.05) is 30.3 Å². The number of allylic oxidation sites excluding steroid dienone is 1. The zero-order valence-corrected chi connectivity index (χ0v) is 20.4. The quantitative estimate of drug-likeness (QED) is 0.367. The standard InChI is InChI=1S/C26H23ClN2O4S/c1-4-14-33-19-12-10-17(11-13-19)23-22(25(31)32-5-2)16(3)28-26-29(23)24(30)21(34-26)15-18-8-6-7-9-20(18)27/h4,6-13,15,23H,1,5,14H2,2-3H3/b21-15-. The number of thiazole rings is 1. The summed E-state index contributed by atoms with van der Waals surface area (Å²) in [5.41, 5.74) is 2.07. The van der Waals surface area contributed by atoms with E-state index in [-0.39, 0.29) is 12.2 Å². The van der Waals surface area contributed by atoms with Crippen molar-refractivity contribution in [3.05, 3.63) is 108 Å². The number of hydrogen-bond donors (Lipinski definition) is 0. The average Bonchev–Trinajstić information content (AvgIpc) is 3.13. The van der Waals surface area contributed by atoms with Crippen LogP contribution in [0.4, 0.5) is 0 Å². The number of fused-ring (bicyclic) bond motifs is 1. The van der Waals surface area contributed by atoms with Crippen molar-refractivity contribution < 1.29 is 14.3 Å². The fourth-order valence-electron chi connectivity index (χ4n) is 3.74. The van der Waals surface area contributed by atoms with Crippen LogP contribution in [0, 0.1) is 0 Å². The van der Waals surface area contributed by atoms with Crippen LogP contribution < -0.4 is 19.6 Å². The van der Waals surface area contributed by atoms with Gasteiger partial charge in [-0.3, -0.25) is 9.36 Å². The molecule has 0 saturated carbocycles. The molecule has 1 unspecified atom stereocenters. The SMILES string of the molecule is C=CCOc1ccc(C2C(C(=O)OCC)=C(C)N=c3s/c(=C\c4ccccc4Cl)c(=O)n32)cc1. The molecule has 4 rings (SSSR count). The summed E-state index contributed by atoms with van der Waals surface area (Å²) in [5.74, 6) is 0.161. The number of esters is 1. The Balaban J connectivity index is 1.90. The van der Waals surface area contributed by atoms with Crippen molar-refractivity contribution in [1.82, 2.24) is 4.57 Å². The summed E-state index contributed by atoms with van der Waals surface area (Å²) in [6.45, 7) is 7.75. The predicted octanol–water partition coefficient (Wildman–Crippen LogP) is 4.02. The van der Waals surface area contributed by atoms with Crippen LogP contribution in [0.3, 0.4) is 0 Å². The second-order valence-corrected chi connectivity index (χ2v) is 8.91. The summed E-state index contributed by atoms with van der Waals surface area (Å²) < 4.78 is 12.9. The lowest BCUT2D eigenvalue weighted by atomic mass is 9.96. The van der Waals surface area contributed by atoms with Crippen LogP contribution in [0.2, 0.25) is 5.02 Å². The van der Waals surface area contributed by atoms with Crippen molar-refractivity contribution in [3.8, 4) is 5.75 Å². The van der Waals surface area contributed by atoms with E-state index in [0.717, 1.165) is 11.1 Å². The van der Waals surface area contributed by atoms with E-state index in [1.54, 1.807) is 48.8 Å². The van der Waals surface area contributed by atoms with Crippen LogP contribution >= 0.6 is 22.9 Å². The Morgan fingerprint density at radius 2 is 1.97 bits per heavy atom. The van der Waals surface area contributed by atoms with Crippen LogP contribution in [0.5, 0.6) is 5.75 Å². The maximum Gasteiger partial charge on any atom is 0.338 e. The van der Waals surface area contributed by atoms with Gasteiger partial charge in [0.05, 0.1) is 28.5 Å². The molecule has 1 aliphatic heterocycles. The monoisotopic (exact) mass is 494 g/mol. The first kappa shape index (κ1) is 23.7. The molecule has 0 radical (unpaired) electrons. The topological polar surface area (TPSA) is 69.9 Å². The molecule has 6 nitrogen and oxygen atoms in total. The highest BCUT2D eigenvalue weighted by Gasteiger charge is 2.33. The van der Waals surface area contributed by atoms with Crippen LogP contribution in [0.15, 0.2) is 82.2 Å². The van der Waals surface area contributed by atoms with E-state index >= 15 is 0 Å². The number of halogens is 1. The third-order valence-corrected chi connectivity index (χ3v) is 6.60. The number of ether oxygens (including phenoxy) is 2. The third-order valence-electron chi connectivity index (χ3n) is 5.27. The number of carbonyl (C=O) groups excluding carboxylic acids is 1. The van der Waals surface area contributed by atoms with Crippen molar-refractivity contribution in [1.29, 1.82) is 0 Å². The van der Waals surface area contributed by atoms with E-state index in [1.165, 1.54) is 11.3 Å². The highest BCUT2D eigenvalue weighted by Crippen LogP contribution is 2.31. The van der Waals surface area contributed by atoms with E-state index in [2.05, 4.69) is 11.6 Å². The summed E-state index contributed by atoms with van der Waals surface area (Å²) in [4.78, 5) is 31.6. The summed E-state index contributed by atoms with van der Waals surface area (Å²) in [7, 11) is 0. The second-order valence-electron chi connectivity index (χ2n) is 7.49. The summed E-state index contributed by atoms with van der Waals surface area (Å²) in [6, 6.07) is 13.9. The molecule has 3 aromatic rings. The highest BCUT2D eigenvalue weighted by atomic mass is 35.5. The maximum atomic E-state index is 13.6. The lowest BCUT2D eigenvalue weighted by molar-refractivity contribution is -0.139. The van der Waals surface area contributed by atoms with Gasteiger partial charge in [0.25, 0.3) is 5.56 Å². The van der Waals surface area contributed by atoms with Gasteiger partial charge in [-0.1, -0.05) is 65.9 Å². The molecule has 0 fully saturated rings. The molecule has 0 bridgehead atoms. The van der Waals surface area contributed by atoms with Gasteiger partial charge in [0.2, 0.25) is 0 Å². The van der Waals surface area contributed by atoms with E-state index < -0.39 is 12.0 Å². The van der Waals surface area contributed by atoms with Gasteiger partial charge in [-0.05, 0) is 49.2 Å². The summed E-state index contributed by atoms with van der Waals surface area (Å²) in [5, 5.41) is 0.545. The van der Waals surface area contributed by atoms with Gasteiger partial charge in [-0.25, -0.2) is 9.79 Å². The average molecular weight is 495 g/mol. The van der Waals surface area contributed by atoms with Crippen LogP contribution in [-0.4, -0.2) is 23.8 Å². The minimum Gasteiger partial charge on any atom is -0.490 e. The molecule has 0 saturated heterocycles. The van der Waals surface area contributed by atoms with Crippen molar-refractivity contribution >= 4 is 35.0 Å². The number of hydrogen-bond acceptors (Lipinski definition) is 6. The van der Waals surface area contributed by atoms with Crippen molar-refractivity contribution in [2.45, 2.75) is 19.9 Å². The van der Waals surface area contributed by atoms with E-state index in [0.29, 0.717) is 38.0 Å². The lowest BCUT2D eigenvalue weighted by Gasteiger charge is -2.24. The Morgan fingerprint density at radius 1 is 1.24 bits per heavy atom. The number of rotatable bonds is 7. The lowest BCUT2D eigenvalue weighted by Crippen LogP contribution is -2.39. The molecule has 2 aromatic carbocycles.